The Hall–Kier alpha value is -1.98. The first-order valence-electron chi connectivity index (χ1n) is 10.3. The first-order valence-corrected chi connectivity index (χ1v) is 11.1. The molecule has 1 amide bonds. The summed E-state index contributed by atoms with van der Waals surface area (Å²) in [4.78, 5) is 19.9. The quantitative estimate of drug-likeness (QED) is 0.667. The van der Waals surface area contributed by atoms with E-state index in [1.807, 2.05) is 6.07 Å². The second kappa shape index (κ2) is 9.48. The third kappa shape index (κ3) is 4.36. The number of rotatable bonds is 8. The van der Waals surface area contributed by atoms with E-state index in [4.69, 9.17) is 0 Å². The van der Waals surface area contributed by atoms with E-state index in [2.05, 4.69) is 79.2 Å². The zero-order chi connectivity index (χ0) is 20.1. The summed E-state index contributed by atoms with van der Waals surface area (Å²) in [5.41, 5.74) is 3.09. The number of anilines is 2. The molecule has 2 aromatic rings. The van der Waals surface area contributed by atoms with Gasteiger partial charge in [0, 0.05) is 34.5 Å². The Labute approximate surface area is 173 Å². The van der Waals surface area contributed by atoms with Crippen molar-refractivity contribution in [2.24, 2.45) is 0 Å². The fourth-order valence-corrected chi connectivity index (χ4v) is 4.73. The molecule has 1 aliphatic heterocycles. The molecule has 0 fully saturated rings. The van der Waals surface area contributed by atoms with Gasteiger partial charge in [-0.05, 0) is 56.8 Å². The van der Waals surface area contributed by atoms with Gasteiger partial charge in [-0.1, -0.05) is 44.7 Å². The van der Waals surface area contributed by atoms with Gasteiger partial charge in [-0.2, -0.15) is 0 Å². The smallest absolute Gasteiger partial charge is 0.251 e. The molecule has 0 radical (unpaired) electrons. The topological polar surface area (TPSA) is 35.6 Å². The van der Waals surface area contributed by atoms with Gasteiger partial charge in [-0.3, -0.25) is 4.79 Å². The molecule has 0 saturated heterocycles. The minimum absolute atomic E-state index is 0.00449. The Kier molecular flexibility index (Phi) is 7.03. The Morgan fingerprint density at radius 2 is 1.79 bits per heavy atom. The number of carbonyl (C=O) groups excluding carboxylic acids is 1. The molecule has 28 heavy (non-hydrogen) atoms. The molecule has 1 unspecified atom stereocenters. The van der Waals surface area contributed by atoms with E-state index in [1.54, 1.807) is 11.8 Å². The fraction of sp³-hybridized carbons (Fsp3) is 0.435. The van der Waals surface area contributed by atoms with Gasteiger partial charge in [0.05, 0.1) is 11.4 Å². The molecule has 0 bridgehead atoms. The summed E-state index contributed by atoms with van der Waals surface area (Å²) in [7, 11) is 0. The molecule has 1 atom stereocenters. The van der Waals surface area contributed by atoms with Crippen LogP contribution in [0.2, 0.25) is 0 Å². The Morgan fingerprint density at radius 3 is 2.50 bits per heavy atom. The maximum absolute atomic E-state index is 12.5. The molecular formula is C23H31N3OS. The summed E-state index contributed by atoms with van der Waals surface area (Å²) >= 11 is 1.79. The van der Waals surface area contributed by atoms with Crippen LogP contribution in [-0.2, 0) is 0 Å². The predicted octanol–water partition coefficient (Wildman–Crippen LogP) is 5.16. The van der Waals surface area contributed by atoms with E-state index >= 15 is 0 Å². The highest BCUT2D eigenvalue weighted by Gasteiger charge is 2.28. The van der Waals surface area contributed by atoms with Crippen molar-refractivity contribution in [2.45, 2.75) is 49.9 Å². The average Bonchev–Trinajstić information content (AvgIpc) is 2.73. The molecule has 4 nitrogen and oxygen atoms in total. The molecule has 0 spiro atoms. The summed E-state index contributed by atoms with van der Waals surface area (Å²) in [6.45, 7) is 12.5. The van der Waals surface area contributed by atoms with Crippen molar-refractivity contribution in [1.82, 2.24) is 10.2 Å². The van der Waals surface area contributed by atoms with Crippen molar-refractivity contribution in [3.8, 4) is 0 Å². The first kappa shape index (κ1) is 20.7. The number of hydrogen-bond acceptors (Lipinski definition) is 4. The Morgan fingerprint density at radius 1 is 1.07 bits per heavy atom. The van der Waals surface area contributed by atoms with E-state index < -0.39 is 0 Å². The molecular weight excluding hydrogens is 366 g/mol. The molecule has 1 N–H and O–H groups in total. The largest absolute Gasteiger partial charge is 0.352 e. The molecule has 2 aromatic carbocycles. The van der Waals surface area contributed by atoms with Crippen LogP contribution in [-0.4, -0.2) is 43.0 Å². The second-order valence-electron chi connectivity index (χ2n) is 7.21. The molecule has 0 aromatic heterocycles. The monoisotopic (exact) mass is 397 g/mol. The lowest BCUT2D eigenvalue weighted by Crippen LogP contribution is -2.41. The van der Waals surface area contributed by atoms with E-state index in [0.717, 1.165) is 37.3 Å². The SMILES string of the molecule is CCCNC(=O)c1ccc2c(c1)N(C(C)CN(CC)CC)c1ccccc1S2. The Balaban J connectivity index is 1.99. The lowest BCUT2D eigenvalue weighted by molar-refractivity contribution is 0.0953. The van der Waals surface area contributed by atoms with Crippen LogP contribution >= 0.6 is 11.8 Å². The molecule has 1 heterocycles. The number of benzene rings is 2. The summed E-state index contributed by atoms with van der Waals surface area (Å²) in [6, 6.07) is 15.0. The van der Waals surface area contributed by atoms with Crippen LogP contribution in [0.25, 0.3) is 0 Å². The number of hydrogen-bond donors (Lipinski definition) is 1. The summed E-state index contributed by atoms with van der Waals surface area (Å²) < 4.78 is 0. The van der Waals surface area contributed by atoms with Crippen LogP contribution in [0.1, 0.15) is 44.5 Å². The number of nitrogens with zero attached hydrogens (tertiary/aromatic N) is 2. The molecule has 0 aliphatic carbocycles. The highest BCUT2D eigenvalue weighted by atomic mass is 32.2. The molecule has 5 heteroatoms. The number of likely N-dealkylation sites (N-methyl/N-ethyl adjacent to an activating group) is 1. The van der Waals surface area contributed by atoms with E-state index in [0.29, 0.717) is 12.6 Å². The van der Waals surface area contributed by atoms with Gasteiger partial charge in [0.15, 0.2) is 0 Å². The minimum atomic E-state index is 0.00449. The van der Waals surface area contributed by atoms with Crippen LogP contribution in [0.5, 0.6) is 0 Å². The first-order chi connectivity index (χ1) is 13.6. The van der Waals surface area contributed by atoms with Gasteiger partial charge < -0.3 is 15.1 Å². The minimum Gasteiger partial charge on any atom is -0.352 e. The zero-order valence-electron chi connectivity index (χ0n) is 17.4. The third-order valence-corrected chi connectivity index (χ3v) is 6.35. The fourth-order valence-electron chi connectivity index (χ4n) is 3.68. The van der Waals surface area contributed by atoms with E-state index in [-0.39, 0.29) is 5.91 Å². The summed E-state index contributed by atoms with van der Waals surface area (Å²) in [5, 5.41) is 3.00. The van der Waals surface area contributed by atoms with Gasteiger partial charge in [-0.15, -0.1) is 0 Å². The van der Waals surface area contributed by atoms with Crippen LogP contribution in [0.4, 0.5) is 11.4 Å². The maximum atomic E-state index is 12.5. The molecule has 150 valence electrons. The normalized spacial score (nSPS) is 13.8. The number of carbonyl (C=O) groups is 1. The van der Waals surface area contributed by atoms with Crippen molar-refractivity contribution in [3.05, 3.63) is 48.0 Å². The van der Waals surface area contributed by atoms with Gasteiger partial charge in [0.1, 0.15) is 0 Å². The molecule has 0 saturated carbocycles. The van der Waals surface area contributed by atoms with Gasteiger partial charge in [-0.25, -0.2) is 0 Å². The maximum Gasteiger partial charge on any atom is 0.251 e. The number of para-hydroxylation sites is 1. The van der Waals surface area contributed by atoms with Crippen LogP contribution in [0.15, 0.2) is 52.3 Å². The summed E-state index contributed by atoms with van der Waals surface area (Å²) in [5.74, 6) is 0.00449. The van der Waals surface area contributed by atoms with Gasteiger partial charge in [0.25, 0.3) is 5.91 Å². The second-order valence-corrected chi connectivity index (χ2v) is 8.30. The number of amides is 1. The highest BCUT2D eigenvalue weighted by Crippen LogP contribution is 2.49. The van der Waals surface area contributed by atoms with Crippen LogP contribution in [0.3, 0.4) is 0 Å². The third-order valence-electron chi connectivity index (χ3n) is 5.22. The van der Waals surface area contributed by atoms with Crippen LogP contribution < -0.4 is 10.2 Å². The standard InChI is InChI=1S/C23H31N3OS/c1-5-14-24-23(27)18-12-13-22-20(15-18)26(17(4)16-25(6-2)7-3)19-10-8-9-11-21(19)28-22/h8-13,15,17H,5-7,14,16H2,1-4H3,(H,24,27). The molecule has 3 rings (SSSR count). The van der Waals surface area contributed by atoms with Crippen molar-refractivity contribution in [1.29, 1.82) is 0 Å². The zero-order valence-corrected chi connectivity index (χ0v) is 18.2. The predicted molar refractivity (Wildman–Crippen MR) is 119 cm³/mol. The van der Waals surface area contributed by atoms with Crippen molar-refractivity contribution in [3.63, 3.8) is 0 Å². The van der Waals surface area contributed by atoms with Crippen molar-refractivity contribution < 1.29 is 4.79 Å². The molecule has 1 aliphatic rings. The van der Waals surface area contributed by atoms with Gasteiger partial charge in [0.2, 0.25) is 0 Å². The number of fused-ring (bicyclic) bond motifs is 2. The van der Waals surface area contributed by atoms with Gasteiger partial charge >= 0.3 is 0 Å². The lowest BCUT2D eigenvalue weighted by Gasteiger charge is -2.39. The number of nitrogens with one attached hydrogen (secondary N) is 1. The highest BCUT2D eigenvalue weighted by molar-refractivity contribution is 7.99. The van der Waals surface area contributed by atoms with E-state index in [1.165, 1.54) is 15.5 Å². The average molecular weight is 398 g/mol. The van der Waals surface area contributed by atoms with E-state index in [9.17, 15) is 4.79 Å². The van der Waals surface area contributed by atoms with Crippen molar-refractivity contribution >= 4 is 29.0 Å². The Bertz CT molecular complexity index is 819. The van der Waals surface area contributed by atoms with Crippen molar-refractivity contribution in [2.75, 3.05) is 31.1 Å². The lowest BCUT2D eigenvalue weighted by atomic mass is 10.1. The van der Waals surface area contributed by atoms with Crippen LogP contribution in [0, 0.1) is 0 Å². The summed E-state index contributed by atoms with van der Waals surface area (Å²) in [6.07, 6.45) is 0.937.